The molecule has 10 heteroatoms. The molecule has 8 nitrogen and oxygen atoms in total. The number of hydrogen-bond donors (Lipinski definition) is 1. The van der Waals surface area contributed by atoms with Gasteiger partial charge < -0.3 is 10.2 Å². The maximum atomic E-state index is 13.4. The Morgan fingerprint density at radius 1 is 1.03 bits per heavy atom. The summed E-state index contributed by atoms with van der Waals surface area (Å²) in [5, 5.41) is 2.76. The molecule has 0 aliphatic heterocycles. The van der Waals surface area contributed by atoms with E-state index >= 15 is 0 Å². The normalized spacial score (nSPS) is 12.3. The van der Waals surface area contributed by atoms with Gasteiger partial charge in [0.25, 0.3) is 0 Å². The summed E-state index contributed by atoms with van der Waals surface area (Å²) < 4.78 is 41.4. The van der Waals surface area contributed by atoms with Crippen LogP contribution < -0.4 is 9.62 Å². The Labute approximate surface area is 195 Å². The molecule has 33 heavy (non-hydrogen) atoms. The summed E-state index contributed by atoms with van der Waals surface area (Å²) >= 11 is 0. The van der Waals surface area contributed by atoms with Crippen molar-refractivity contribution in [1.82, 2.24) is 14.5 Å². The molecule has 0 unspecified atom stereocenters. The average Bonchev–Trinajstić information content (AvgIpc) is 2.80. The van der Waals surface area contributed by atoms with Crippen LogP contribution >= 0.6 is 0 Å². The van der Waals surface area contributed by atoms with Crippen LogP contribution in [0.4, 0.5) is 10.1 Å². The first-order chi connectivity index (χ1) is 15.6. The standard InChI is InChI=1S/C23H31FN4O4S/c1-5-15-25-23(30)18(2)27(16-19-11-13-20(24)14-12-19)22(29)17-28(33(31,32)26(3)4)21-9-7-6-8-10-21/h6-14,18H,5,15-17H2,1-4H3,(H,25,30)/t18-/m0/s1. The fraction of sp³-hybridized carbons (Fsp3) is 0.391. The van der Waals surface area contributed by atoms with E-state index in [1.807, 2.05) is 6.92 Å². The lowest BCUT2D eigenvalue weighted by Gasteiger charge is -2.32. The second kappa shape index (κ2) is 11.8. The van der Waals surface area contributed by atoms with Crippen LogP contribution in [0.1, 0.15) is 25.8 Å². The van der Waals surface area contributed by atoms with Gasteiger partial charge in [-0.2, -0.15) is 12.7 Å². The molecule has 0 aliphatic carbocycles. The zero-order valence-corrected chi connectivity index (χ0v) is 20.2. The van der Waals surface area contributed by atoms with Gasteiger partial charge in [-0.25, -0.2) is 8.70 Å². The largest absolute Gasteiger partial charge is 0.354 e. The molecule has 0 spiro atoms. The molecule has 2 aromatic carbocycles. The first kappa shape index (κ1) is 26.3. The van der Waals surface area contributed by atoms with Crippen LogP contribution in [0.2, 0.25) is 0 Å². The van der Waals surface area contributed by atoms with E-state index in [2.05, 4.69) is 5.32 Å². The third-order valence-corrected chi connectivity index (χ3v) is 6.87. The van der Waals surface area contributed by atoms with Gasteiger partial charge in [-0.1, -0.05) is 37.3 Å². The van der Waals surface area contributed by atoms with Crippen molar-refractivity contribution in [3.05, 3.63) is 66.0 Å². The summed E-state index contributed by atoms with van der Waals surface area (Å²) in [7, 11) is -1.23. The van der Waals surface area contributed by atoms with E-state index < -0.39 is 34.5 Å². The fourth-order valence-corrected chi connectivity index (χ4v) is 4.13. The van der Waals surface area contributed by atoms with Gasteiger partial charge in [-0.15, -0.1) is 0 Å². The molecule has 0 saturated carbocycles. The third-order valence-electron chi connectivity index (χ3n) is 5.05. The highest BCUT2D eigenvalue weighted by Gasteiger charge is 2.32. The van der Waals surface area contributed by atoms with E-state index in [4.69, 9.17) is 0 Å². The summed E-state index contributed by atoms with van der Waals surface area (Å²) in [5.74, 6) is -1.33. The molecule has 2 rings (SSSR count). The number of nitrogens with zero attached hydrogens (tertiary/aromatic N) is 3. The molecule has 0 aromatic heterocycles. The Bertz CT molecular complexity index is 1030. The number of benzene rings is 2. The number of carbonyl (C=O) groups excluding carboxylic acids is 2. The van der Waals surface area contributed by atoms with Gasteiger partial charge >= 0.3 is 10.2 Å². The molecule has 180 valence electrons. The van der Waals surface area contributed by atoms with Crippen LogP contribution in [0.5, 0.6) is 0 Å². The van der Waals surface area contributed by atoms with Crippen LogP contribution in [-0.4, -0.2) is 62.7 Å². The van der Waals surface area contributed by atoms with E-state index in [0.29, 0.717) is 17.8 Å². The summed E-state index contributed by atoms with van der Waals surface area (Å²) in [6.07, 6.45) is 0.729. The number of carbonyl (C=O) groups is 2. The first-order valence-electron chi connectivity index (χ1n) is 10.6. The number of para-hydroxylation sites is 1. The van der Waals surface area contributed by atoms with Crippen molar-refractivity contribution in [2.75, 3.05) is 31.5 Å². The van der Waals surface area contributed by atoms with E-state index in [0.717, 1.165) is 15.0 Å². The predicted octanol–water partition coefficient (Wildman–Crippen LogP) is 2.38. The van der Waals surface area contributed by atoms with Crippen molar-refractivity contribution in [2.24, 2.45) is 0 Å². The zero-order valence-electron chi connectivity index (χ0n) is 19.4. The molecule has 0 heterocycles. The molecule has 0 bridgehead atoms. The molecule has 1 atom stereocenters. The Morgan fingerprint density at radius 3 is 2.18 bits per heavy atom. The Kier molecular flexibility index (Phi) is 9.36. The summed E-state index contributed by atoms with van der Waals surface area (Å²) in [5.41, 5.74) is 0.936. The van der Waals surface area contributed by atoms with Crippen molar-refractivity contribution in [3.8, 4) is 0 Å². The lowest BCUT2D eigenvalue weighted by atomic mass is 10.1. The molecular formula is C23H31FN4O4S. The summed E-state index contributed by atoms with van der Waals surface area (Å²) in [6.45, 7) is 3.46. The fourth-order valence-electron chi connectivity index (χ4n) is 3.08. The predicted molar refractivity (Wildman–Crippen MR) is 126 cm³/mol. The average molecular weight is 479 g/mol. The monoisotopic (exact) mass is 478 g/mol. The Morgan fingerprint density at radius 2 is 1.64 bits per heavy atom. The van der Waals surface area contributed by atoms with E-state index in [1.54, 1.807) is 37.3 Å². The van der Waals surface area contributed by atoms with Gasteiger partial charge in [-0.05, 0) is 43.2 Å². The molecule has 0 fully saturated rings. The van der Waals surface area contributed by atoms with Crippen LogP contribution in [0.3, 0.4) is 0 Å². The van der Waals surface area contributed by atoms with E-state index in [1.165, 1.54) is 43.3 Å². The zero-order chi connectivity index (χ0) is 24.6. The SMILES string of the molecule is CCCNC(=O)[C@H](C)N(Cc1ccc(F)cc1)C(=O)CN(c1ccccc1)S(=O)(=O)N(C)C. The van der Waals surface area contributed by atoms with Crippen LogP contribution in [0, 0.1) is 5.82 Å². The van der Waals surface area contributed by atoms with Crippen molar-refractivity contribution < 1.29 is 22.4 Å². The lowest BCUT2D eigenvalue weighted by Crippen LogP contribution is -2.52. The quantitative estimate of drug-likeness (QED) is 0.537. The second-order valence-corrected chi connectivity index (χ2v) is 9.81. The van der Waals surface area contributed by atoms with Crippen molar-refractivity contribution in [2.45, 2.75) is 32.9 Å². The third kappa shape index (κ3) is 7.00. The Hall–Kier alpha value is -2.98. The summed E-state index contributed by atoms with van der Waals surface area (Å²) in [6, 6.07) is 13.0. The smallest absolute Gasteiger partial charge is 0.304 e. The van der Waals surface area contributed by atoms with Crippen molar-refractivity contribution in [3.63, 3.8) is 0 Å². The van der Waals surface area contributed by atoms with Crippen LogP contribution in [0.25, 0.3) is 0 Å². The number of anilines is 1. The number of amides is 2. The first-order valence-corrected chi connectivity index (χ1v) is 12.0. The highest BCUT2D eigenvalue weighted by Crippen LogP contribution is 2.20. The lowest BCUT2D eigenvalue weighted by molar-refractivity contribution is -0.139. The van der Waals surface area contributed by atoms with Gasteiger partial charge in [0.15, 0.2) is 0 Å². The van der Waals surface area contributed by atoms with E-state index in [-0.39, 0.29) is 12.5 Å². The van der Waals surface area contributed by atoms with Gasteiger partial charge in [0.1, 0.15) is 18.4 Å². The van der Waals surface area contributed by atoms with Crippen LogP contribution in [0.15, 0.2) is 54.6 Å². The maximum absolute atomic E-state index is 13.4. The van der Waals surface area contributed by atoms with Gasteiger partial charge in [0.05, 0.1) is 5.69 Å². The molecular weight excluding hydrogens is 447 g/mol. The molecule has 0 aliphatic rings. The van der Waals surface area contributed by atoms with Crippen molar-refractivity contribution >= 4 is 27.7 Å². The molecule has 0 radical (unpaired) electrons. The highest BCUT2D eigenvalue weighted by molar-refractivity contribution is 7.90. The summed E-state index contributed by atoms with van der Waals surface area (Å²) in [4.78, 5) is 27.4. The molecule has 0 saturated heterocycles. The van der Waals surface area contributed by atoms with Gasteiger partial charge in [-0.3, -0.25) is 9.59 Å². The number of rotatable bonds is 11. The minimum absolute atomic E-state index is 0.0183. The second-order valence-electron chi connectivity index (χ2n) is 7.75. The Balaban J connectivity index is 2.39. The van der Waals surface area contributed by atoms with Crippen molar-refractivity contribution in [1.29, 1.82) is 0 Å². The number of halogens is 1. The van der Waals surface area contributed by atoms with Gasteiger partial charge in [0, 0.05) is 27.2 Å². The topological polar surface area (TPSA) is 90.0 Å². The molecule has 2 amide bonds. The molecule has 1 N–H and O–H groups in total. The minimum Gasteiger partial charge on any atom is -0.354 e. The van der Waals surface area contributed by atoms with Gasteiger partial charge in [0.2, 0.25) is 11.8 Å². The molecule has 2 aromatic rings. The number of hydrogen-bond acceptors (Lipinski definition) is 4. The van der Waals surface area contributed by atoms with E-state index in [9.17, 15) is 22.4 Å². The van der Waals surface area contributed by atoms with Crippen LogP contribution in [-0.2, 0) is 26.3 Å². The maximum Gasteiger partial charge on any atom is 0.304 e. The minimum atomic E-state index is -3.99. The highest BCUT2D eigenvalue weighted by atomic mass is 32.2. The number of nitrogens with one attached hydrogen (secondary N) is 1.